The van der Waals surface area contributed by atoms with Gasteiger partial charge in [0.1, 0.15) is 0 Å². The molecule has 0 radical (unpaired) electrons. The van der Waals surface area contributed by atoms with Crippen molar-refractivity contribution in [3.63, 3.8) is 0 Å². The molecule has 1 heterocycles. The average Bonchev–Trinajstić information content (AvgIpc) is 3.09. The maximum absolute atomic E-state index is 6.79. The summed E-state index contributed by atoms with van der Waals surface area (Å²) in [5.41, 5.74) is 6.74. The molecule has 0 unspecified atom stereocenters. The summed E-state index contributed by atoms with van der Waals surface area (Å²) in [4.78, 5) is 0. The van der Waals surface area contributed by atoms with Gasteiger partial charge in [0, 0.05) is 22.3 Å². The molecular weight excluding hydrogens is 455 g/mol. The van der Waals surface area contributed by atoms with Gasteiger partial charge in [0.05, 0.1) is 11.5 Å². The van der Waals surface area contributed by atoms with Gasteiger partial charge in [0.15, 0.2) is 0 Å². The van der Waals surface area contributed by atoms with Gasteiger partial charge < -0.3 is 7.58 Å². The van der Waals surface area contributed by atoms with E-state index in [-0.39, 0.29) is 0 Å². The van der Waals surface area contributed by atoms with Crippen LogP contribution < -0.4 is 7.58 Å². The van der Waals surface area contributed by atoms with E-state index < -0.39 is 14.8 Å². The molecule has 6 aromatic rings. The molecule has 7 rings (SSSR count). The first-order chi connectivity index (χ1) is 17.8. The van der Waals surface area contributed by atoms with E-state index >= 15 is 0 Å². The maximum atomic E-state index is 6.79. The number of hydrogen-bond acceptors (Lipinski definition) is 2. The molecule has 0 atom stereocenters. The summed E-state index contributed by atoms with van der Waals surface area (Å²) >= 11 is -2.08. The number of fused-ring (bicyclic) bond motifs is 7. The Hall–Kier alpha value is -4.03. The van der Waals surface area contributed by atoms with Crippen LogP contribution in [0.3, 0.4) is 0 Å². The third kappa shape index (κ3) is 3.40. The van der Waals surface area contributed by atoms with Crippen molar-refractivity contribution in [2.75, 3.05) is 0 Å². The quantitative estimate of drug-likeness (QED) is 0.231. The van der Waals surface area contributed by atoms with Gasteiger partial charge in [-0.2, -0.15) is 0 Å². The Balaban J connectivity index is 1.69. The lowest BCUT2D eigenvalue weighted by Crippen LogP contribution is -2.25. The Morgan fingerprint density at radius 1 is 0.472 bits per heavy atom. The highest BCUT2D eigenvalue weighted by Gasteiger charge is 2.35. The maximum Gasteiger partial charge on any atom is 0.853 e. The van der Waals surface area contributed by atoms with Crippen molar-refractivity contribution in [3.05, 3.63) is 121 Å². The second-order valence-electron chi connectivity index (χ2n) is 9.23. The van der Waals surface area contributed by atoms with E-state index in [1.54, 1.807) is 0 Å². The van der Waals surface area contributed by atoms with Crippen molar-refractivity contribution in [2.24, 2.45) is 0 Å². The summed E-state index contributed by atoms with van der Waals surface area (Å²) in [7, 11) is 0. The van der Waals surface area contributed by atoms with Crippen LogP contribution in [0.15, 0.2) is 121 Å². The summed E-state index contributed by atoms with van der Waals surface area (Å²) in [6.45, 7) is 0. The molecule has 0 N–H and O–H groups in total. The minimum Gasteiger partial charge on any atom is -0.611 e. The Labute approximate surface area is 215 Å². The van der Waals surface area contributed by atoms with E-state index in [2.05, 4.69) is 127 Å². The van der Waals surface area contributed by atoms with E-state index in [9.17, 15) is 0 Å². The zero-order chi connectivity index (χ0) is 24.1. The van der Waals surface area contributed by atoms with Gasteiger partial charge in [-0.15, -0.1) is 0 Å². The Morgan fingerprint density at radius 3 is 1.31 bits per heavy atom. The lowest BCUT2D eigenvalue weighted by molar-refractivity contribution is 0.442. The third-order valence-corrected chi connectivity index (χ3v) is 8.13. The zero-order valence-electron chi connectivity index (χ0n) is 19.9. The highest BCUT2D eigenvalue weighted by molar-refractivity contribution is 6.46. The van der Waals surface area contributed by atoms with Crippen LogP contribution >= 0.6 is 0 Å². The number of rotatable bonds is 2. The van der Waals surface area contributed by atoms with Crippen LogP contribution in [0.1, 0.15) is 0 Å². The van der Waals surface area contributed by atoms with Gasteiger partial charge in [-0.05, 0) is 50.6 Å². The Kier molecular flexibility index (Phi) is 5.06. The molecule has 0 aromatic heterocycles. The fraction of sp³-hybridized carbons (Fsp3) is 0.0303. The SMILES string of the molecule is [CH3][Al]1[O]c2c(-c3ccccc3)cc3ccccc3c2-c2c(c(-c3ccccc3)cc3ccccc23)[O]1. The van der Waals surface area contributed by atoms with Gasteiger partial charge in [-0.25, -0.2) is 0 Å². The zero-order valence-corrected chi connectivity index (χ0v) is 21.1. The van der Waals surface area contributed by atoms with Gasteiger partial charge in [0.2, 0.25) is 0 Å². The lowest BCUT2D eigenvalue weighted by atomic mass is 9.86. The molecule has 1 aliphatic heterocycles. The highest BCUT2D eigenvalue weighted by Crippen LogP contribution is 2.53. The molecule has 0 aliphatic carbocycles. The van der Waals surface area contributed by atoms with Crippen molar-refractivity contribution in [1.29, 1.82) is 0 Å². The van der Waals surface area contributed by atoms with E-state index in [0.717, 1.165) is 44.9 Å². The molecular formula is C33H23AlO2. The topological polar surface area (TPSA) is 18.5 Å². The molecule has 6 aromatic carbocycles. The fourth-order valence-electron chi connectivity index (χ4n) is 5.42. The summed E-state index contributed by atoms with van der Waals surface area (Å²) in [5, 5.41) is 4.73. The summed E-state index contributed by atoms with van der Waals surface area (Å²) in [5.74, 6) is 3.97. The first-order valence-electron chi connectivity index (χ1n) is 12.3. The summed E-state index contributed by atoms with van der Waals surface area (Å²) in [6, 6.07) is 42.8. The smallest absolute Gasteiger partial charge is 0.611 e. The first kappa shape index (κ1) is 21.3. The standard InChI is InChI=1S/C32H22O2.CH3.Al/c33-31-27(21-11-3-1-4-12-21)19-23-15-7-9-17-25(23)29(31)30-26-18-10-8-16-24(26)20-28(32(30)34)22-13-5-2-6-14-22;;/h1-20,33-34H;1H3;/q;;+2/p-2. The number of hydrogen-bond donors (Lipinski definition) is 0. The molecule has 0 bridgehead atoms. The second kappa shape index (κ2) is 8.57. The molecule has 1 aliphatic rings. The van der Waals surface area contributed by atoms with Gasteiger partial charge in [-0.1, -0.05) is 109 Å². The molecule has 0 fully saturated rings. The minimum atomic E-state index is -2.08. The van der Waals surface area contributed by atoms with E-state index in [0.29, 0.717) is 0 Å². The van der Waals surface area contributed by atoms with Crippen molar-refractivity contribution in [2.45, 2.75) is 5.79 Å². The molecule has 2 nitrogen and oxygen atoms in total. The van der Waals surface area contributed by atoms with E-state index in [1.807, 2.05) is 0 Å². The molecule has 0 spiro atoms. The molecule has 36 heavy (non-hydrogen) atoms. The van der Waals surface area contributed by atoms with Crippen molar-refractivity contribution in [1.82, 2.24) is 0 Å². The monoisotopic (exact) mass is 478 g/mol. The van der Waals surface area contributed by atoms with Crippen LogP contribution in [0.4, 0.5) is 0 Å². The number of benzene rings is 6. The van der Waals surface area contributed by atoms with Crippen molar-refractivity contribution < 1.29 is 7.58 Å². The first-order valence-corrected chi connectivity index (χ1v) is 14.4. The third-order valence-electron chi connectivity index (χ3n) is 6.99. The largest absolute Gasteiger partial charge is 0.853 e. The van der Waals surface area contributed by atoms with Crippen LogP contribution in [0, 0.1) is 0 Å². The van der Waals surface area contributed by atoms with E-state index in [4.69, 9.17) is 7.58 Å². The lowest BCUT2D eigenvalue weighted by Gasteiger charge is -2.20. The van der Waals surface area contributed by atoms with Gasteiger partial charge in [0.25, 0.3) is 0 Å². The van der Waals surface area contributed by atoms with Crippen LogP contribution in [-0.2, 0) is 0 Å². The van der Waals surface area contributed by atoms with E-state index in [1.165, 1.54) is 21.5 Å². The molecule has 0 saturated carbocycles. The summed E-state index contributed by atoms with van der Waals surface area (Å²) < 4.78 is 13.6. The van der Waals surface area contributed by atoms with Crippen LogP contribution in [0.25, 0.3) is 54.9 Å². The highest BCUT2D eigenvalue weighted by atomic mass is 27.2. The van der Waals surface area contributed by atoms with Crippen LogP contribution in [-0.4, -0.2) is 14.8 Å². The second-order valence-corrected chi connectivity index (χ2v) is 10.8. The Morgan fingerprint density at radius 2 is 0.861 bits per heavy atom. The molecule has 170 valence electrons. The fourth-order valence-corrected chi connectivity index (χ4v) is 6.62. The van der Waals surface area contributed by atoms with Crippen LogP contribution in [0.5, 0.6) is 11.5 Å². The van der Waals surface area contributed by atoms with Crippen LogP contribution in [0.2, 0.25) is 5.79 Å². The van der Waals surface area contributed by atoms with Crippen molar-refractivity contribution >= 4 is 36.4 Å². The van der Waals surface area contributed by atoms with Gasteiger partial charge in [-0.3, -0.25) is 0 Å². The molecule has 0 amide bonds. The summed E-state index contributed by atoms with van der Waals surface area (Å²) in [6.07, 6.45) is 0. The Bertz CT molecular complexity index is 1610. The average molecular weight is 479 g/mol. The predicted octanol–water partition coefficient (Wildman–Crippen LogP) is 8.88. The van der Waals surface area contributed by atoms with Gasteiger partial charge >= 0.3 is 14.8 Å². The molecule has 3 heteroatoms. The van der Waals surface area contributed by atoms with Crippen molar-refractivity contribution in [3.8, 4) is 44.9 Å². The normalized spacial score (nSPS) is 12.4. The predicted molar refractivity (Wildman–Crippen MR) is 151 cm³/mol. The minimum absolute atomic E-state index is 0.924. The molecule has 0 saturated heterocycles.